The number of carbonyl (C=O) groups excluding carboxylic acids is 1. The van der Waals surface area contributed by atoms with Crippen molar-refractivity contribution < 1.29 is 4.79 Å². The van der Waals surface area contributed by atoms with Crippen LogP contribution < -0.4 is 0 Å². The predicted molar refractivity (Wildman–Crippen MR) is 40.2 cm³/mol. The van der Waals surface area contributed by atoms with Gasteiger partial charge in [-0.1, -0.05) is 12.7 Å². The van der Waals surface area contributed by atoms with Gasteiger partial charge in [0, 0.05) is 18.9 Å². The summed E-state index contributed by atoms with van der Waals surface area (Å²) in [6, 6.07) is 0. The lowest BCUT2D eigenvalue weighted by molar-refractivity contribution is -0.125. The van der Waals surface area contributed by atoms with Gasteiger partial charge in [0.25, 0.3) is 0 Å². The smallest absolute Gasteiger partial charge is 0.227 e. The number of amides is 1. The van der Waals surface area contributed by atoms with Gasteiger partial charge in [0.15, 0.2) is 0 Å². The molecule has 0 saturated carbocycles. The Hall–Kier alpha value is -1.05. The summed E-state index contributed by atoms with van der Waals surface area (Å²) in [5.41, 5.74) is 0. The number of nitrogens with zero attached hydrogens (tertiary/aromatic N) is 1. The molecule has 0 aromatic carbocycles. The maximum absolute atomic E-state index is 11.0. The molecule has 10 heavy (non-hydrogen) atoms. The molecule has 0 aromatic heterocycles. The molecule has 1 saturated heterocycles. The standard InChI is InChI=1S/C8H11NO/c1-3-7-5-8(10)9(4-2)6-7/h3-4,7H,1-2,5-6H2. The molecular formula is C8H11NO. The molecule has 0 bridgehead atoms. The van der Waals surface area contributed by atoms with Gasteiger partial charge in [0.2, 0.25) is 5.91 Å². The van der Waals surface area contributed by atoms with Crippen molar-refractivity contribution in [1.29, 1.82) is 0 Å². The van der Waals surface area contributed by atoms with Crippen LogP contribution in [-0.4, -0.2) is 17.4 Å². The first-order chi connectivity index (χ1) is 4.77. The molecule has 2 heteroatoms. The van der Waals surface area contributed by atoms with Crippen LogP contribution >= 0.6 is 0 Å². The molecule has 1 atom stereocenters. The minimum absolute atomic E-state index is 0.153. The van der Waals surface area contributed by atoms with Crippen LogP contribution in [0.3, 0.4) is 0 Å². The Morgan fingerprint density at radius 3 is 2.60 bits per heavy atom. The van der Waals surface area contributed by atoms with Crippen LogP contribution in [0.2, 0.25) is 0 Å². The van der Waals surface area contributed by atoms with Crippen molar-refractivity contribution in [2.24, 2.45) is 5.92 Å². The van der Waals surface area contributed by atoms with Gasteiger partial charge in [-0.05, 0) is 6.20 Å². The van der Waals surface area contributed by atoms with Gasteiger partial charge in [0.05, 0.1) is 0 Å². The summed E-state index contributed by atoms with van der Waals surface area (Å²) in [5, 5.41) is 0. The third-order valence-electron chi connectivity index (χ3n) is 1.74. The second-order valence-corrected chi connectivity index (χ2v) is 2.43. The third kappa shape index (κ3) is 1.10. The van der Waals surface area contributed by atoms with Crippen LogP contribution in [-0.2, 0) is 4.79 Å². The van der Waals surface area contributed by atoms with Gasteiger partial charge < -0.3 is 4.90 Å². The molecule has 0 aromatic rings. The molecule has 1 aliphatic heterocycles. The third-order valence-corrected chi connectivity index (χ3v) is 1.74. The maximum atomic E-state index is 11.0. The minimum Gasteiger partial charge on any atom is -0.319 e. The fourth-order valence-electron chi connectivity index (χ4n) is 1.09. The van der Waals surface area contributed by atoms with E-state index in [1.807, 2.05) is 6.08 Å². The zero-order valence-corrected chi connectivity index (χ0v) is 5.92. The average Bonchev–Trinajstić information content (AvgIpc) is 2.30. The number of hydrogen-bond acceptors (Lipinski definition) is 1. The van der Waals surface area contributed by atoms with Crippen molar-refractivity contribution in [3.63, 3.8) is 0 Å². The first-order valence-electron chi connectivity index (χ1n) is 3.32. The topological polar surface area (TPSA) is 20.3 Å². The molecule has 2 nitrogen and oxygen atoms in total. The van der Waals surface area contributed by atoms with Gasteiger partial charge in [0.1, 0.15) is 0 Å². The maximum Gasteiger partial charge on any atom is 0.227 e. The summed E-state index contributed by atoms with van der Waals surface area (Å²) >= 11 is 0. The fourth-order valence-corrected chi connectivity index (χ4v) is 1.09. The molecule has 54 valence electrons. The summed E-state index contributed by atoms with van der Waals surface area (Å²) in [4.78, 5) is 12.6. The van der Waals surface area contributed by atoms with E-state index in [0.29, 0.717) is 12.3 Å². The molecule has 1 unspecified atom stereocenters. The van der Waals surface area contributed by atoms with Crippen LogP contribution in [0.1, 0.15) is 6.42 Å². The Balaban J connectivity index is 2.60. The minimum atomic E-state index is 0.153. The first kappa shape index (κ1) is 7.06. The van der Waals surface area contributed by atoms with Crippen LogP contribution in [0.25, 0.3) is 0 Å². The van der Waals surface area contributed by atoms with E-state index < -0.39 is 0 Å². The van der Waals surface area contributed by atoms with Gasteiger partial charge >= 0.3 is 0 Å². The number of rotatable bonds is 2. The van der Waals surface area contributed by atoms with E-state index in [0.717, 1.165) is 6.54 Å². The van der Waals surface area contributed by atoms with Crippen LogP contribution in [0.4, 0.5) is 0 Å². The highest BCUT2D eigenvalue weighted by Gasteiger charge is 2.24. The van der Waals surface area contributed by atoms with E-state index in [9.17, 15) is 4.79 Å². The molecule has 1 aliphatic rings. The van der Waals surface area contributed by atoms with E-state index in [1.165, 1.54) is 0 Å². The van der Waals surface area contributed by atoms with Crippen LogP contribution in [0, 0.1) is 5.92 Å². The highest BCUT2D eigenvalue weighted by molar-refractivity contribution is 5.79. The Bertz CT molecular complexity index is 174. The lowest BCUT2D eigenvalue weighted by Gasteiger charge is -2.07. The van der Waals surface area contributed by atoms with Crippen molar-refractivity contribution in [1.82, 2.24) is 4.90 Å². The molecule has 1 rings (SSSR count). The molecule has 1 fully saturated rings. The number of hydrogen-bond donors (Lipinski definition) is 0. The van der Waals surface area contributed by atoms with Crippen molar-refractivity contribution in [2.75, 3.05) is 6.54 Å². The van der Waals surface area contributed by atoms with Gasteiger partial charge in [-0.25, -0.2) is 0 Å². The zero-order valence-electron chi connectivity index (χ0n) is 5.92. The molecule has 1 heterocycles. The number of likely N-dealkylation sites (tertiary alicyclic amines) is 1. The highest BCUT2D eigenvalue weighted by Crippen LogP contribution is 2.17. The van der Waals surface area contributed by atoms with Crippen molar-refractivity contribution >= 4 is 5.91 Å². The Morgan fingerprint density at radius 2 is 2.30 bits per heavy atom. The Morgan fingerprint density at radius 1 is 1.60 bits per heavy atom. The van der Waals surface area contributed by atoms with Crippen molar-refractivity contribution in [3.05, 3.63) is 25.4 Å². The van der Waals surface area contributed by atoms with Gasteiger partial charge in [-0.15, -0.1) is 6.58 Å². The monoisotopic (exact) mass is 137 g/mol. The molecule has 1 amide bonds. The van der Waals surface area contributed by atoms with E-state index >= 15 is 0 Å². The van der Waals surface area contributed by atoms with Gasteiger partial charge in [-0.3, -0.25) is 4.79 Å². The fraction of sp³-hybridized carbons (Fsp3) is 0.375. The molecule has 0 radical (unpaired) electrons. The predicted octanol–water partition coefficient (Wildman–Crippen LogP) is 1.16. The normalized spacial score (nSPS) is 25.0. The summed E-state index contributed by atoms with van der Waals surface area (Å²) in [5.74, 6) is 0.477. The summed E-state index contributed by atoms with van der Waals surface area (Å²) in [7, 11) is 0. The van der Waals surface area contributed by atoms with Crippen molar-refractivity contribution in [2.45, 2.75) is 6.42 Å². The summed E-state index contributed by atoms with van der Waals surface area (Å²) < 4.78 is 0. The lowest BCUT2D eigenvalue weighted by atomic mass is 10.1. The quantitative estimate of drug-likeness (QED) is 0.523. The van der Waals surface area contributed by atoms with E-state index in [-0.39, 0.29) is 5.91 Å². The first-order valence-corrected chi connectivity index (χ1v) is 3.32. The second-order valence-electron chi connectivity index (χ2n) is 2.43. The van der Waals surface area contributed by atoms with E-state index in [2.05, 4.69) is 13.2 Å². The van der Waals surface area contributed by atoms with Crippen LogP contribution in [0.5, 0.6) is 0 Å². The van der Waals surface area contributed by atoms with Crippen molar-refractivity contribution in [3.8, 4) is 0 Å². The highest BCUT2D eigenvalue weighted by atomic mass is 16.2. The Kier molecular flexibility index (Phi) is 1.90. The summed E-state index contributed by atoms with van der Waals surface area (Å²) in [6.45, 7) is 7.92. The molecular weight excluding hydrogens is 126 g/mol. The Labute approximate surface area is 60.8 Å². The van der Waals surface area contributed by atoms with E-state index in [4.69, 9.17) is 0 Å². The zero-order chi connectivity index (χ0) is 7.56. The van der Waals surface area contributed by atoms with Gasteiger partial charge in [-0.2, -0.15) is 0 Å². The molecule has 0 spiro atoms. The molecule has 0 aliphatic carbocycles. The van der Waals surface area contributed by atoms with Crippen LogP contribution in [0.15, 0.2) is 25.4 Å². The second kappa shape index (κ2) is 2.69. The number of carbonyl (C=O) groups is 1. The van der Waals surface area contributed by atoms with E-state index in [1.54, 1.807) is 11.1 Å². The average molecular weight is 137 g/mol. The summed E-state index contributed by atoms with van der Waals surface area (Å²) in [6.07, 6.45) is 3.99. The molecule has 0 N–H and O–H groups in total. The SMILES string of the molecule is C=CC1CC(=O)N(C=C)C1. The lowest BCUT2D eigenvalue weighted by Crippen LogP contribution is -2.17. The largest absolute Gasteiger partial charge is 0.319 e.